The number of fused-ring (bicyclic) bond motifs is 1. The third-order valence-corrected chi connectivity index (χ3v) is 7.09. The first-order valence-electron chi connectivity index (χ1n) is 13.0. The second kappa shape index (κ2) is 11.0. The topological polar surface area (TPSA) is 60.5 Å². The molecule has 0 saturated carbocycles. The minimum Gasteiger partial charge on any atom is -0.492 e. The Balaban J connectivity index is 1.25. The van der Waals surface area contributed by atoms with Crippen molar-refractivity contribution in [1.29, 1.82) is 0 Å². The monoisotopic (exact) mass is 472 g/mol. The maximum absolute atomic E-state index is 5.94. The SMILES string of the molecule is CCC(CC)Cn1cc(-c2cccc3nc(Cc4ccc(OCCN5CCCC5)cc4)nn23)cn1. The Morgan fingerprint density at radius 1 is 1.00 bits per heavy atom. The molecule has 0 aliphatic carbocycles. The molecule has 1 aromatic carbocycles. The molecule has 1 saturated heterocycles. The second-order valence-corrected chi connectivity index (χ2v) is 9.56. The number of hydrogen-bond acceptors (Lipinski definition) is 5. The molecule has 7 nitrogen and oxygen atoms in total. The fourth-order valence-electron chi connectivity index (χ4n) is 4.84. The summed E-state index contributed by atoms with van der Waals surface area (Å²) in [4.78, 5) is 7.25. The molecule has 0 atom stereocenters. The molecular weight excluding hydrogens is 436 g/mol. The number of likely N-dealkylation sites (tertiary alicyclic amines) is 1. The van der Waals surface area contributed by atoms with Gasteiger partial charge in [0.2, 0.25) is 0 Å². The quantitative estimate of drug-likeness (QED) is 0.304. The van der Waals surface area contributed by atoms with Crippen LogP contribution in [0.2, 0.25) is 0 Å². The van der Waals surface area contributed by atoms with Gasteiger partial charge in [-0.05, 0) is 61.7 Å². The number of rotatable bonds is 11. The van der Waals surface area contributed by atoms with Crippen LogP contribution in [-0.2, 0) is 13.0 Å². The summed E-state index contributed by atoms with van der Waals surface area (Å²) in [6.45, 7) is 9.59. The van der Waals surface area contributed by atoms with Crippen molar-refractivity contribution >= 4 is 5.65 Å². The van der Waals surface area contributed by atoms with Crippen LogP contribution in [0.25, 0.3) is 16.9 Å². The van der Waals surface area contributed by atoms with Gasteiger partial charge in [-0.25, -0.2) is 9.50 Å². The molecule has 184 valence electrons. The van der Waals surface area contributed by atoms with E-state index in [1.54, 1.807) is 0 Å². The summed E-state index contributed by atoms with van der Waals surface area (Å²) in [6.07, 6.45) is 9.70. The number of benzene rings is 1. The lowest BCUT2D eigenvalue weighted by atomic mass is 10.0. The molecule has 0 N–H and O–H groups in total. The van der Waals surface area contributed by atoms with Crippen LogP contribution in [0.3, 0.4) is 0 Å². The first kappa shape index (κ1) is 23.5. The van der Waals surface area contributed by atoms with Crippen molar-refractivity contribution in [2.45, 2.75) is 52.5 Å². The lowest BCUT2D eigenvalue weighted by Crippen LogP contribution is -2.25. The normalized spacial score (nSPS) is 14.4. The van der Waals surface area contributed by atoms with Crippen LogP contribution in [0.1, 0.15) is 50.9 Å². The summed E-state index contributed by atoms with van der Waals surface area (Å²) < 4.78 is 9.93. The highest BCUT2D eigenvalue weighted by molar-refractivity contribution is 5.61. The summed E-state index contributed by atoms with van der Waals surface area (Å²) in [5, 5.41) is 9.44. The zero-order valence-corrected chi connectivity index (χ0v) is 20.9. The molecule has 1 aliphatic rings. The lowest BCUT2D eigenvalue weighted by Gasteiger charge is -2.14. The Morgan fingerprint density at radius 2 is 1.80 bits per heavy atom. The van der Waals surface area contributed by atoms with Gasteiger partial charge in [-0.1, -0.05) is 44.9 Å². The van der Waals surface area contributed by atoms with Gasteiger partial charge < -0.3 is 4.74 Å². The van der Waals surface area contributed by atoms with Crippen LogP contribution in [0.5, 0.6) is 5.75 Å². The summed E-state index contributed by atoms with van der Waals surface area (Å²) in [6, 6.07) is 14.4. The van der Waals surface area contributed by atoms with E-state index in [-0.39, 0.29) is 0 Å². The molecule has 7 heteroatoms. The minimum absolute atomic E-state index is 0.651. The Morgan fingerprint density at radius 3 is 2.57 bits per heavy atom. The molecule has 0 bridgehead atoms. The van der Waals surface area contributed by atoms with E-state index in [4.69, 9.17) is 14.8 Å². The maximum atomic E-state index is 5.94. The predicted octanol–water partition coefficient (Wildman–Crippen LogP) is 5.09. The summed E-state index contributed by atoms with van der Waals surface area (Å²) in [5.41, 5.74) is 4.10. The van der Waals surface area contributed by atoms with Crippen molar-refractivity contribution in [3.8, 4) is 17.0 Å². The summed E-state index contributed by atoms with van der Waals surface area (Å²) in [5.74, 6) is 2.38. The number of ether oxygens (including phenoxy) is 1. The van der Waals surface area contributed by atoms with Crippen LogP contribution >= 0.6 is 0 Å². The number of nitrogens with zero attached hydrogens (tertiary/aromatic N) is 6. The van der Waals surface area contributed by atoms with Gasteiger partial charge in [-0.15, -0.1) is 0 Å². The zero-order valence-electron chi connectivity index (χ0n) is 20.9. The Hall–Kier alpha value is -3.19. The van der Waals surface area contributed by atoms with E-state index >= 15 is 0 Å². The highest BCUT2D eigenvalue weighted by atomic mass is 16.5. The smallest absolute Gasteiger partial charge is 0.156 e. The average Bonchev–Trinajstić information content (AvgIpc) is 3.64. The van der Waals surface area contributed by atoms with E-state index in [1.807, 2.05) is 22.8 Å². The van der Waals surface area contributed by atoms with Gasteiger partial charge in [0.25, 0.3) is 0 Å². The lowest BCUT2D eigenvalue weighted by molar-refractivity contribution is 0.238. The fourth-order valence-corrected chi connectivity index (χ4v) is 4.84. The fraction of sp³-hybridized carbons (Fsp3) is 0.464. The number of aromatic nitrogens is 5. The molecule has 0 unspecified atom stereocenters. The van der Waals surface area contributed by atoms with E-state index in [1.165, 1.54) is 44.3 Å². The van der Waals surface area contributed by atoms with Crippen molar-refractivity contribution in [3.63, 3.8) is 0 Å². The standard InChI is InChI=1S/C28H36N6O/c1-3-22(4-2)20-33-21-24(19-29-33)26-8-7-9-28-30-27(31-34(26)28)18-23-10-12-25(13-11-23)35-17-16-32-14-5-6-15-32/h7-13,19,21-22H,3-6,14-18,20H2,1-2H3. The van der Waals surface area contributed by atoms with E-state index in [2.05, 4.69) is 65.1 Å². The number of hydrogen-bond donors (Lipinski definition) is 0. The largest absolute Gasteiger partial charge is 0.492 e. The molecule has 3 aromatic heterocycles. The molecule has 0 spiro atoms. The van der Waals surface area contributed by atoms with Crippen molar-refractivity contribution in [2.24, 2.45) is 5.92 Å². The zero-order chi connectivity index (χ0) is 24.0. The molecule has 4 aromatic rings. The minimum atomic E-state index is 0.651. The molecule has 4 heterocycles. The summed E-state index contributed by atoms with van der Waals surface area (Å²) >= 11 is 0. The first-order chi connectivity index (χ1) is 17.2. The molecular formula is C28H36N6O. The van der Waals surface area contributed by atoms with E-state index < -0.39 is 0 Å². The van der Waals surface area contributed by atoms with Crippen LogP contribution in [0, 0.1) is 5.92 Å². The molecule has 1 aliphatic heterocycles. The Bertz CT molecular complexity index is 1220. The van der Waals surface area contributed by atoms with Gasteiger partial charge in [-0.2, -0.15) is 10.2 Å². The number of pyridine rings is 1. The predicted molar refractivity (Wildman–Crippen MR) is 139 cm³/mol. The molecule has 5 rings (SSSR count). The van der Waals surface area contributed by atoms with Gasteiger partial charge in [0.05, 0.1) is 11.9 Å². The Labute approximate surface area is 207 Å². The van der Waals surface area contributed by atoms with Gasteiger partial charge in [0, 0.05) is 31.3 Å². The highest BCUT2D eigenvalue weighted by Crippen LogP contribution is 2.22. The van der Waals surface area contributed by atoms with Crippen molar-refractivity contribution in [2.75, 3.05) is 26.2 Å². The Kier molecular flexibility index (Phi) is 7.42. The molecule has 0 amide bonds. The van der Waals surface area contributed by atoms with Gasteiger partial charge >= 0.3 is 0 Å². The molecule has 0 radical (unpaired) electrons. The third kappa shape index (κ3) is 5.73. The average molecular weight is 473 g/mol. The summed E-state index contributed by atoms with van der Waals surface area (Å²) in [7, 11) is 0. The van der Waals surface area contributed by atoms with Crippen molar-refractivity contribution in [3.05, 3.63) is 66.2 Å². The van der Waals surface area contributed by atoms with Crippen LogP contribution < -0.4 is 4.74 Å². The van der Waals surface area contributed by atoms with Crippen molar-refractivity contribution in [1.82, 2.24) is 29.3 Å². The van der Waals surface area contributed by atoms with Gasteiger partial charge in [-0.3, -0.25) is 9.58 Å². The van der Waals surface area contributed by atoms with E-state index in [0.717, 1.165) is 48.2 Å². The molecule has 1 fully saturated rings. The van der Waals surface area contributed by atoms with Gasteiger partial charge in [0.15, 0.2) is 11.5 Å². The van der Waals surface area contributed by atoms with E-state index in [0.29, 0.717) is 12.3 Å². The first-order valence-corrected chi connectivity index (χ1v) is 13.0. The highest BCUT2D eigenvalue weighted by Gasteiger charge is 2.13. The van der Waals surface area contributed by atoms with Crippen LogP contribution in [0.15, 0.2) is 54.9 Å². The maximum Gasteiger partial charge on any atom is 0.156 e. The van der Waals surface area contributed by atoms with Crippen LogP contribution in [0.4, 0.5) is 0 Å². The van der Waals surface area contributed by atoms with E-state index in [9.17, 15) is 0 Å². The molecule has 35 heavy (non-hydrogen) atoms. The van der Waals surface area contributed by atoms with Gasteiger partial charge in [0.1, 0.15) is 12.4 Å². The third-order valence-electron chi connectivity index (χ3n) is 7.09. The van der Waals surface area contributed by atoms with Crippen molar-refractivity contribution < 1.29 is 4.74 Å². The van der Waals surface area contributed by atoms with Crippen LogP contribution in [-0.4, -0.2) is 55.5 Å². The second-order valence-electron chi connectivity index (χ2n) is 9.56.